The Kier molecular flexibility index (Phi) is 3.67. The molecule has 18 heavy (non-hydrogen) atoms. The lowest BCUT2D eigenvalue weighted by molar-refractivity contribution is 0.415. The second-order valence-electron chi connectivity index (χ2n) is 3.91. The minimum Gasteiger partial charge on any atom is -0.497 e. The van der Waals surface area contributed by atoms with Crippen molar-refractivity contribution < 1.29 is 4.74 Å². The SMILES string of the molecule is COc1ccc(C2=NN3CCN=C3C=C2)cc1.Cl. The number of hydrazone groups is 1. The minimum atomic E-state index is 0. The van der Waals surface area contributed by atoms with Gasteiger partial charge in [0.25, 0.3) is 0 Å². The monoisotopic (exact) mass is 263 g/mol. The molecule has 0 fully saturated rings. The first-order valence-electron chi connectivity index (χ1n) is 5.60. The fourth-order valence-electron chi connectivity index (χ4n) is 1.93. The summed E-state index contributed by atoms with van der Waals surface area (Å²) >= 11 is 0. The Morgan fingerprint density at radius 1 is 1.17 bits per heavy atom. The Hall–Kier alpha value is -1.81. The molecule has 1 aromatic carbocycles. The van der Waals surface area contributed by atoms with E-state index >= 15 is 0 Å². The van der Waals surface area contributed by atoms with Crippen LogP contribution in [0.4, 0.5) is 0 Å². The third-order valence-corrected chi connectivity index (χ3v) is 2.85. The zero-order valence-electron chi connectivity index (χ0n) is 10.0. The number of methoxy groups -OCH3 is 1. The van der Waals surface area contributed by atoms with Gasteiger partial charge in [-0.1, -0.05) is 0 Å². The van der Waals surface area contributed by atoms with Gasteiger partial charge < -0.3 is 4.74 Å². The second-order valence-corrected chi connectivity index (χ2v) is 3.91. The second kappa shape index (κ2) is 5.23. The third-order valence-electron chi connectivity index (χ3n) is 2.85. The molecule has 3 rings (SSSR count). The fraction of sp³-hybridized carbons (Fsp3) is 0.231. The van der Waals surface area contributed by atoms with E-state index in [1.807, 2.05) is 41.4 Å². The van der Waals surface area contributed by atoms with Crippen LogP contribution in [0.3, 0.4) is 0 Å². The first kappa shape index (κ1) is 12.6. The Morgan fingerprint density at radius 3 is 2.67 bits per heavy atom. The average molecular weight is 264 g/mol. The Labute approximate surface area is 112 Å². The normalized spacial score (nSPS) is 16.6. The molecule has 0 atom stereocenters. The van der Waals surface area contributed by atoms with Gasteiger partial charge in [0, 0.05) is 5.56 Å². The summed E-state index contributed by atoms with van der Waals surface area (Å²) in [5.41, 5.74) is 2.06. The smallest absolute Gasteiger partial charge is 0.144 e. The predicted molar refractivity (Wildman–Crippen MR) is 74.9 cm³/mol. The van der Waals surface area contributed by atoms with Crippen LogP contribution in [0.25, 0.3) is 0 Å². The van der Waals surface area contributed by atoms with Crippen LogP contribution in [-0.4, -0.2) is 36.8 Å². The molecule has 0 saturated carbocycles. The van der Waals surface area contributed by atoms with Crippen molar-refractivity contribution in [2.24, 2.45) is 10.1 Å². The summed E-state index contributed by atoms with van der Waals surface area (Å²) in [4.78, 5) is 4.34. The van der Waals surface area contributed by atoms with E-state index in [9.17, 15) is 0 Å². The molecule has 2 heterocycles. The largest absolute Gasteiger partial charge is 0.497 e. The van der Waals surface area contributed by atoms with Crippen molar-refractivity contribution >= 4 is 24.0 Å². The Balaban J connectivity index is 0.00000120. The van der Waals surface area contributed by atoms with Crippen molar-refractivity contribution in [1.29, 1.82) is 0 Å². The standard InChI is InChI=1S/C13H13N3O.ClH/c1-17-11-4-2-10(3-5-11)12-6-7-13-14-8-9-16(13)15-12;/h2-7H,8-9H2,1H3;1H. The maximum atomic E-state index is 5.14. The zero-order valence-corrected chi connectivity index (χ0v) is 10.9. The van der Waals surface area contributed by atoms with E-state index in [1.54, 1.807) is 7.11 Å². The van der Waals surface area contributed by atoms with Crippen LogP contribution in [0.5, 0.6) is 5.75 Å². The van der Waals surface area contributed by atoms with Gasteiger partial charge >= 0.3 is 0 Å². The molecule has 0 unspecified atom stereocenters. The van der Waals surface area contributed by atoms with E-state index < -0.39 is 0 Å². The lowest BCUT2D eigenvalue weighted by atomic mass is 10.1. The average Bonchev–Trinajstić information content (AvgIpc) is 2.86. The molecule has 0 aromatic heterocycles. The van der Waals surface area contributed by atoms with Crippen molar-refractivity contribution in [2.75, 3.05) is 20.2 Å². The first-order valence-corrected chi connectivity index (χ1v) is 5.60. The van der Waals surface area contributed by atoms with Crippen LogP contribution < -0.4 is 4.74 Å². The van der Waals surface area contributed by atoms with E-state index in [-0.39, 0.29) is 12.4 Å². The summed E-state index contributed by atoms with van der Waals surface area (Å²) < 4.78 is 5.14. The maximum Gasteiger partial charge on any atom is 0.144 e. The van der Waals surface area contributed by atoms with Gasteiger partial charge in [0.15, 0.2) is 0 Å². The Bertz CT molecular complexity index is 520. The number of hydrogen-bond acceptors (Lipinski definition) is 4. The summed E-state index contributed by atoms with van der Waals surface area (Å²) in [6.45, 7) is 1.71. The molecule has 0 saturated heterocycles. The van der Waals surface area contributed by atoms with Gasteiger partial charge in [-0.05, 0) is 36.4 Å². The number of ether oxygens (including phenoxy) is 1. The van der Waals surface area contributed by atoms with Crippen molar-refractivity contribution in [3.8, 4) is 5.75 Å². The van der Waals surface area contributed by atoms with Crippen LogP contribution in [0.15, 0.2) is 46.5 Å². The van der Waals surface area contributed by atoms with Crippen LogP contribution >= 0.6 is 12.4 Å². The summed E-state index contributed by atoms with van der Waals surface area (Å²) in [6.07, 6.45) is 4.02. The Morgan fingerprint density at radius 2 is 1.94 bits per heavy atom. The van der Waals surface area contributed by atoms with Gasteiger partial charge in [-0.15, -0.1) is 12.4 Å². The fourth-order valence-corrected chi connectivity index (χ4v) is 1.93. The highest BCUT2D eigenvalue weighted by molar-refractivity contribution is 6.14. The van der Waals surface area contributed by atoms with E-state index in [2.05, 4.69) is 10.1 Å². The van der Waals surface area contributed by atoms with Crippen LogP contribution in [0.1, 0.15) is 5.56 Å². The molecule has 0 aliphatic carbocycles. The number of allylic oxidation sites excluding steroid dienone is 1. The number of nitrogens with zero attached hydrogens (tertiary/aromatic N) is 3. The van der Waals surface area contributed by atoms with Crippen molar-refractivity contribution in [1.82, 2.24) is 5.01 Å². The van der Waals surface area contributed by atoms with E-state index in [0.29, 0.717) is 0 Å². The summed E-state index contributed by atoms with van der Waals surface area (Å²) in [5, 5.41) is 6.51. The molecule has 2 aliphatic rings. The van der Waals surface area contributed by atoms with Gasteiger partial charge in [-0.2, -0.15) is 5.10 Å². The summed E-state index contributed by atoms with van der Waals surface area (Å²) in [6, 6.07) is 7.92. The molecule has 0 spiro atoms. The molecule has 0 radical (unpaired) electrons. The van der Waals surface area contributed by atoms with Gasteiger partial charge in [0.1, 0.15) is 11.6 Å². The topological polar surface area (TPSA) is 37.2 Å². The molecule has 2 aliphatic heterocycles. The molecular weight excluding hydrogens is 250 g/mol. The van der Waals surface area contributed by atoms with E-state index in [1.165, 1.54) is 0 Å². The number of aliphatic imine (C=N–C) groups is 1. The number of benzene rings is 1. The molecule has 1 aromatic rings. The summed E-state index contributed by atoms with van der Waals surface area (Å²) in [7, 11) is 1.67. The molecule has 0 amide bonds. The van der Waals surface area contributed by atoms with Crippen molar-refractivity contribution in [2.45, 2.75) is 0 Å². The summed E-state index contributed by atoms with van der Waals surface area (Å²) in [5.74, 6) is 1.82. The lowest BCUT2D eigenvalue weighted by Gasteiger charge is -2.17. The molecule has 0 N–H and O–H groups in total. The molecule has 94 valence electrons. The predicted octanol–water partition coefficient (Wildman–Crippen LogP) is 2.11. The number of amidine groups is 1. The molecule has 5 heteroatoms. The number of rotatable bonds is 2. The lowest BCUT2D eigenvalue weighted by Crippen LogP contribution is -2.25. The van der Waals surface area contributed by atoms with Crippen LogP contribution in [-0.2, 0) is 0 Å². The third kappa shape index (κ3) is 2.24. The number of hydrogen-bond donors (Lipinski definition) is 0. The van der Waals surface area contributed by atoms with Gasteiger partial charge in [-0.3, -0.25) is 4.99 Å². The van der Waals surface area contributed by atoms with Crippen molar-refractivity contribution in [3.63, 3.8) is 0 Å². The highest BCUT2D eigenvalue weighted by Crippen LogP contribution is 2.16. The van der Waals surface area contributed by atoms with E-state index in [4.69, 9.17) is 4.74 Å². The molecule has 0 bridgehead atoms. The highest BCUT2D eigenvalue weighted by atomic mass is 35.5. The zero-order chi connectivity index (χ0) is 11.7. The van der Waals surface area contributed by atoms with Gasteiger partial charge in [-0.25, -0.2) is 5.01 Å². The number of fused-ring (bicyclic) bond motifs is 1. The van der Waals surface area contributed by atoms with Crippen LogP contribution in [0, 0.1) is 0 Å². The van der Waals surface area contributed by atoms with Gasteiger partial charge in [0.2, 0.25) is 0 Å². The van der Waals surface area contributed by atoms with Crippen molar-refractivity contribution in [3.05, 3.63) is 42.0 Å². The highest BCUT2D eigenvalue weighted by Gasteiger charge is 2.18. The van der Waals surface area contributed by atoms with E-state index in [0.717, 1.165) is 35.9 Å². The molecule has 4 nitrogen and oxygen atoms in total. The maximum absolute atomic E-state index is 5.14. The molecular formula is C13H14ClN3O. The van der Waals surface area contributed by atoms with Crippen LogP contribution in [0.2, 0.25) is 0 Å². The minimum absolute atomic E-state index is 0. The quantitative estimate of drug-likeness (QED) is 0.820. The number of halogens is 1. The van der Waals surface area contributed by atoms with Gasteiger partial charge in [0.05, 0.1) is 25.9 Å². The first-order chi connectivity index (χ1) is 8.36.